The first-order valence-corrected chi connectivity index (χ1v) is 5.46. The monoisotopic (exact) mass is 222 g/mol. The van der Waals surface area contributed by atoms with Crippen LogP contribution in [-0.4, -0.2) is 35.7 Å². The second kappa shape index (κ2) is 6.85. The molecule has 0 atom stereocenters. The van der Waals surface area contributed by atoms with Crippen LogP contribution < -0.4 is 5.73 Å². The minimum atomic E-state index is -0.871. The summed E-state index contributed by atoms with van der Waals surface area (Å²) in [5.41, 5.74) is 6.52. The molecule has 0 saturated heterocycles. The molecule has 0 spiro atoms. The molecule has 88 valence electrons. The van der Waals surface area contributed by atoms with Crippen LogP contribution >= 0.6 is 0 Å². The van der Waals surface area contributed by atoms with Gasteiger partial charge in [0.1, 0.15) is 0 Å². The average molecular weight is 222 g/mol. The molecule has 0 radical (unpaired) electrons. The van der Waals surface area contributed by atoms with Crippen molar-refractivity contribution in [1.29, 1.82) is 0 Å². The van der Waals surface area contributed by atoms with Crippen molar-refractivity contribution in [3.63, 3.8) is 0 Å². The fourth-order valence-electron chi connectivity index (χ4n) is 1.49. The molecule has 0 aliphatic carbocycles. The average Bonchev–Trinajstić information content (AvgIpc) is 2.30. The number of hydrogen-bond acceptors (Lipinski definition) is 2. The standard InChI is InChI=1S/C12H18N2O2/c13-8-4-9-14(12(15)16)10-7-11-5-2-1-3-6-11/h1-3,5-6H,4,7-10,13H2,(H,15,16). The molecule has 0 heterocycles. The molecule has 0 aliphatic heterocycles. The van der Waals surface area contributed by atoms with E-state index in [2.05, 4.69) is 0 Å². The first kappa shape index (κ1) is 12.5. The van der Waals surface area contributed by atoms with Gasteiger partial charge in [-0.15, -0.1) is 0 Å². The lowest BCUT2D eigenvalue weighted by Crippen LogP contribution is -2.33. The Labute approximate surface area is 95.7 Å². The van der Waals surface area contributed by atoms with Crippen molar-refractivity contribution < 1.29 is 9.90 Å². The summed E-state index contributed by atoms with van der Waals surface area (Å²) in [6.45, 7) is 1.56. The Morgan fingerprint density at radius 2 is 1.94 bits per heavy atom. The minimum absolute atomic E-state index is 0.513. The van der Waals surface area contributed by atoms with E-state index in [1.807, 2.05) is 30.3 Å². The number of nitrogens with zero attached hydrogens (tertiary/aromatic N) is 1. The number of hydrogen-bond donors (Lipinski definition) is 2. The molecular weight excluding hydrogens is 204 g/mol. The van der Waals surface area contributed by atoms with Gasteiger partial charge in [-0.05, 0) is 24.9 Å². The zero-order valence-electron chi connectivity index (χ0n) is 9.30. The van der Waals surface area contributed by atoms with Crippen LogP contribution in [0.5, 0.6) is 0 Å². The predicted octanol–water partition coefficient (Wildman–Crippen LogP) is 1.56. The lowest BCUT2D eigenvalue weighted by atomic mass is 10.1. The van der Waals surface area contributed by atoms with Crippen LogP contribution in [0.4, 0.5) is 4.79 Å². The summed E-state index contributed by atoms with van der Waals surface area (Å²) in [6, 6.07) is 9.87. The van der Waals surface area contributed by atoms with E-state index in [9.17, 15) is 4.79 Å². The second-order valence-corrected chi connectivity index (χ2v) is 3.65. The van der Waals surface area contributed by atoms with Gasteiger partial charge in [0.15, 0.2) is 0 Å². The summed E-state index contributed by atoms with van der Waals surface area (Å²) < 4.78 is 0. The largest absolute Gasteiger partial charge is 0.465 e. The van der Waals surface area contributed by atoms with Crippen molar-refractivity contribution in [2.75, 3.05) is 19.6 Å². The third kappa shape index (κ3) is 4.31. The first-order valence-electron chi connectivity index (χ1n) is 5.46. The summed E-state index contributed by atoms with van der Waals surface area (Å²) >= 11 is 0. The van der Waals surface area contributed by atoms with Crippen molar-refractivity contribution in [3.05, 3.63) is 35.9 Å². The maximum atomic E-state index is 10.9. The van der Waals surface area contributed by atoms with Crippen LogP contribution in [0.1, 0.15) is 12.0 Å². The van der Waals surface area contributed by atoms with Crippen molar-refractivity contribution in [1.82, 2.24) is 4.90 Å². The quantitative estimate of drug-likeness (QED) is 0.767. The molecule has 1 aromatic carbocycles. The van der Waals surface area contributed by atoms with Crippen LogP contribution in [0, 0.1) is 0 Å². The molecule has 0 fully saturated rings. The van der Waals surface area contributed by atoms with E-state index in [-0.39, 0.29) is 0 Å². The molecule has 0 unspecified atom stereocenters. The third-order valence-electron chi connectivity index (χ3n) is 2.42. The van der Waals surface area contributed by atoms with Gasteiger partial charge in [0, 0.05) is 13.1 Å². The maximum Gasteiger partial charge on any atom is 0.407 e. The molecule has 0 aliphatic rings. The molecule has 4 heteroatoms. The number of nitrogens with two attached hydrogens (primary N) is 1. The lowest BCUT2D eigenvalue weighted by Gasteiger charge is -2.18. The third-order valence-corrected chi connectivity index (χ3v) is 2.42. The Morgan fingerprint density at radius 3 is 2.50 bits per heavy atom. The highest BCUT2D eigenvalue weighted by Gasteiger charge is 2.10. The Bertz CT molecular complexity index is 314. The number of carbonyl (C=O) groups is 1. The molecule has 3 N–H and O–H groups in total. The number of carboxylic acid groups (broad SMARTS) is 1. The molecule has 0 bridgehead atoms. The Kier molecular flexibility index (Phi) is 5.36. The highest BCUT2D eigenvalue weighted by atomic mass is 16.4. The van der Waals surface area contributed by atoms with Gasteiger partial charge in [-0.2, -0.15) is 0 Å². The van der Waals surface area contributed by atoms with E-state index >= 15 is 0 Å². The minimum Gasteiger partial charge on any atom is -0.465 e. The van der Waals surface area contributed by atoms with Gasteiger partial charge in [-0.3, -0.25) is 0 Å². The smallest absolute Gasteiger partial charge is 0.407 e. The van der Waals surface area contributed by atoms with Gasteiger partial charge in [0.05, 0.1) is 0 Å². The van der Waals surface area contributed by atoms with Gasteiger partial charge < -0.3 is 15.7 Å². The maximum absolute atomic E-state index is 10.9. The van der Waals surface area contributed by atoms with Gasteiger partial charge in [-0.25, -0.2) is 4.79 Å². The van der Waals surface area contributed by atoms with E-state index in [4.69, 9.17) is 10.8 Å². The van der Waals surface area contributed by atoms with E-state index in [0.717, 1.165) is 12.0 Å². The zero-order valence-corrected chi connectivity index (χ0v) is 9.30. The highest BCUT2D eigenvalue weighted by molar-refractivity contribution is 5.64. The normalized spacial score (nSPS) is 10.1. The predicted molar refractivity (Wildman–Crippen MR) is 63.4 cm³/mol. The highest BCUT2D eigenvalue weighted by Crippen LogP contribution is 2.02. The summed E-state index contributed by atoms with van der Waals surface area (Å²) in [7, 11) is 0. The fraction of sp³-hybridized carbons (Fsp3) is 0.417. The van der Waals surface area contributed by atoms with Gasteiger partial charge >= 0.3 is 6.09 Å². The molecule has 1 rings (SSSR count). The van der Waals surface area contributed by atoms with Crippen molar-refractivity contribution in [2.45, 2.75) is 12.8 Å². The fourth-order valence-corrected chi connectivity index (χ4v) is 1.49. The molecule has 16 heavy (non-hydrogen) atoms. The summed E-state index contributed by atoms with van der Waals surface area (Å²) in [4.78, 5) is 12.3. The topological polar surface area (TPSA) is 66.6 Å². The first-order chi connectivity index (χ1) is 7.74. The van der Waals surface area contributed by atoms with Gasteiger partial charge in [0.2, 0.25) is 0 Å². The Balaban J connectivity index is 2.41. The van der Waals surface area contributed by atoms with Crippen LogP contribution in [0.3, 0.4) is 0 Å². The van der Waals surface area contributed by atoms with E-state index < -0.39 is 6.09 Å². The molecule has 1 amide bonds. The van der Waals surface area contributed by atoms with Gasteiger partial charge in [0.25, 0.3) is 0 Å². The van der Waals surface area contributed by atoms with Crippen LogP contribution in [-0.2, 0) is 6.42 Å². The zero-order chi connectivity index (χ0) is 11.8. The van der Waals surface area contributed by atoms with Gasteiger partial charge in [-0.1, -0.05) is 30.3 Å². The van der Waals surface area contributed by atoms with Crippen molar-refractivity contribution in [3.8, 4) is 0 Å². The Hall–Kier alpha value is -1.55. The summed E-state index contributed by atoms with van der Waals surface area (Å²) in [6.07, 6.45) is 0.586. The number of rotatable bonds is 6. The number of amides is 1. The Morgan fingerprint density at radius 1 is 1.25 bits per heavy atom. The van der Waals surface area contributed by atoms with E-state index in [1.54, 1.807) is 0 Å². The molecule has 4 nitrogen and oxygen atoms in total. The van der Waals surface area contributed by atoms with Crippen LogP contribution in [0.25, 0.3) is 0 Å². The van der Waals surface area contributed by atoms with Crippen molar-refractivity contribution in [2.24, 2.45) is 5.73 Å². The van der Waals surface area contributed by atoms with E-state index in [0.29, 0.717) is 26.1 Å². The molecule has 1 aromatic rings. The number of benzene rings is 1. The van der Waals surface area contributed by atoms with E-state index in [1.165, 1.54) is 4.90 Å². The lowest BCUT2D eigenvalue weighted by molar-refractivity contribution is 0.145. The van der Waals surface area contributed by atoms with Crippen LogP contribution in [0.15, 0.2) is 30.3 Å². The molecule has 0 saturated carbocycles. The second-order valence-electron chi connectivity index (χ2n) is 3.65. The molecular formula is C12H18N2O2. The molecule has 0 aromatic heterocycles. The van der Waals surface area contributed by atoms with Crippen molar-refractivity contribution >= 4 is 6.09 Å². The van der Waals surface area contributed by atoms with Crippen LogP contribution in [0.2, 0.25) is 0 Å². The summed E-state index contributed by atoms with van der Waals surface area (Å²) in [5.74, 6) is 0. The summed E-state index contributed by atoms with van der Waals surface area (Å²) in [5, 5.41) is 8.96. The SMILES string of the molecule is NCCCN(CCc1ccccc1)C(=O)O.